The minimum atomic E-state index is -1.35. The first kappa shape index (κ1) is 16.9. The predicted octanol–water partition coefficient (Wildman–Crippen LogP) is 2.60. The van der Waals surface area contributed by atoms with Crippen LogP contribution in [-0.4, -0.2) is 17.6 Å². The molecule has 116 valence electrons. The molecule has 0 heterocycles. The largest absolute Gasteiger partial charge is 0.378 e. The lowest BCUT2D eigenvalue weighted by molar-refractivity contribution is -0.124. The zero-order valence-corrected chi connectivity index (χ0v) is 13.9. The molecule has 2 aromatic carbocycles. The molecule has 1 unspecified atom stereocenters. The fourth-order valence-electron chi connectivity index (χ4n) is 1.99. The van der Waals surface area contributed by atoms with Gasteiger partial charge < -0.3 is 16.2 Å². The monoisotopic (exact) mass is 414 g/mol. The smallest absolute Gasteiger partial charge is 0.257 e. The van der Waals surface area contributed by atoms with Crippen molar-refractivity contribution in [3.8, 4) is 0 Å². The van der Waals surface area contributed by atoms with Crippen LogP contribution in [0.3, 0.4) is 0 Å². The first-order valence-electron chi connectivity index (χ1n) is 6.74. The molecule has 0 saturated heterocycles. The molecule has 1 amide bonds. The average Bonchev–Trinajstić information content (AvgIpc) is 2.50. The fraction of sp³-hybridized carbons (Fsp3) is 0.188. The number of aliphatic hydroxyl groups excluding tert-OH is 1. The maximum atomic E-state index is 12.9. The van der Waals surface area contributed by atoms with E-state index in [1.807, 2.05) is 12.1 Å². The summed E-state index contributed by atoms with van der Waals surface area (Å²) in [7, 11) is 0. The highest BCUT2D eigenvalue weighted by Crippen LogP contribution is 2.20. The molecule has 0 aliphatic carbocycles. The predicted molar refractivity (Wildman–Crippen MR) is 91.9 cm³/mol. The number of amides is 1. The van der Waals surface area contributed by atoms with Crippen molar-refractivity contribution in [3.05, 3.63) is 63.0 Å². The molecule has 0 radical (unpaired) electrons. The maximum absolute atomic E-state index is 12.9. The molecule has 4 N–H and O–H groups in total. The second-order valence-electron chi connectivity index (χ2n) is 4.79. The van der Waals surface area contributed by atoms with Gasteiger partial charge in [-0.15, -0.1) is 0 Å². The normalized spacial score (nSPS) is 12.0. The highest BCUT2D eigenvalue weighted by atomic mass is 127. The van der Waals surface area contributed by atoms with Crippen LogP contribution in [0.15, 0.2) is 42.5 Å². The number of anilines is 1. The van der Waals surface area contributed by atoms with Crippen LogP contribution in [0.1, 0.15) is 17.2 Å². The van der Waals surface area contributed by atoms with Gasteiger partial charge in [-0.1, -0.05) is 18.2 Å². The summed E-state index contributed by atoms with van der Waals surface area (Å²) in [5.74, 6) is -0.976. The lowest BCUT2D eigenvalue weighted by atomic mass is 10.1. The Labute approximate surface area is 141 Å². The van der Waals surface area contributed by atoms with Gasteiger partial charge in [0.2, 0.25) is 0 Å². The minimum Gasteiger partial charge on any atom is -0.378 e. The molecule has 0 spiro atoms. The van der Waals surface area contributed by atoms with Gasteiger partial charge in [0.15, 0.2) is 6.10 Å². The quantitative estimate of drug-likeness (QED) is 0.659. The van der Waals surface area contributed by atoms with E-state index in [4.69, 9.17) is 5.73 Å². The summed E-state index contributed by atoms with van der Waals surface area (Å²) in [5, 5.41) is 12.6. The van der Waals surface area contributed by atoms with Crippen molar-refractivity contribution in [3.63, 3.8) is 0 Å². The number of benzene rings is 2. The van der Waals surface area contributed by atoms with Crippen LogP contribution < -0.4 is 11.1 Å². The van der Waals surface area contributed by atoms with E-state index in [0.29, 0.717) is 17.8 Å². The highest BCUT2D eigenvalue weighted by Gasteiger charge is 2.17. The fourth-order valence-corrected chi connectivity index (χ4v) is 2.78. The van der Waals surface area contributed by atoms with Crippen molar-refractivity contribution in [1.82, 2.24) is 0 Å². The van der Waals surface area contributed by atoms with Crippen molar-refractivity contribution in [2.24, 2.45) is 5.73 Å². The SMILES string of the molecule is NCCc1ccc(NC(=O)C(O)c2ccc(F)cc2)cc1I. The molecular weight excluding hydrogens is 398 g/mol. The van der Waals surface area contributed by atoms with Gasteiger partial charge in [0.1, 0.15) is 5.82 Å². The Kier molecular flexibility index (Phi) is 5.87. The maximum Gasteiger partial charge on any atom is 0.257 e. The summed E-state index contributed by atoms with van der Waals surface area (Å²) in [4.78, 5) is 12.0. The molecule has 0 saturated carbocycles. The molecule has 1 atom stereocenters. The molecular formula is C16H16FIN2O2. The molecule has 4 nitrogen and oxygen atoms in total. The molecule has 0 aliphatic rings. The summed E-state index contributed by atoms with van der Waals surface area (Å²) in [6, 6.07) is 10.7. The van der Waals surface area contributed by atoms with Gasteiger partial charge in [0, 0.05) is 9.26 Å². The zero-order chi connectivity index (χ0) is 16.1. The number of halogens is 2. The standard InChI is InChI=1S/C16H16FIN2O2/c17-12-4-1-11(2-5-12)15(21)16(22)20-13-6-3-10(7-8-19)14(18)9-13/h1-6,9,15,21H,7-8,19H2,(H,20,22). The number of aliphatic hydroxyl groups is 1. The number of nitrogens with one attached hydrogen (secondary N) is 1. The van der Waals surface area contributed by atoms with Crippen molar-refractivity contribution < 1.29 is 14.3 Å². The van der Waals surface area contributed by atoms with Gasteiger partial charge in [-0.25, -0.2) is 4.39 Å². The number of carbonyl (C=O) groups is 1. The number of nitrogens with two attached hydrogens (primary N) is 1. The van der Waals surface area contributed by atoms with Crippen LogP contribution in [0, 0.1) is 9.39 Å². The second kappa shape index (κ2) is 7.66. The van der Waals surface area contributed by atoms with E-state index in [9.17, 15) is 14.3 Å². The number of rotatable bonds is 5. The van der Waals surface area contributed by atoms with Gasteiger partial charge in [-0.05, 0) is 70.9 Å². The summed E-state index contributed by atoms with van der Waals surface area (Å²) >= 11 is 2.18. The minimum absolute atomic E-state index is 0.341. The van der Waals surface area contributed by atoms with Crippen LogP contribution in [-0.2, 0) is 11.2 Å². The van der Waals surface area contributed by atoms with Gasteiger partial charge in [0.25, 0.3) is 5.91 Å². The molecule has 2 rings (SSSR count). The first-order valence-corrected chi connectivity index (χ1v) is 7.82. The van der Waals surface area contributed by atoms with Crippen LogP contribution in [0.2, 0.25) is 0 Å². The first-order chi connectivity index (χ1) is 10.5. The summed E-state index contributed by atoms with van der Waals surface area (Å²) < 4.78 is 13.8. The van der Waals surface area contributed by atoms with Gasteiger partial charge in [0.05, 0.1) is 0 Å². The van der Waals surface area contributed by atoms with Gasteiger partial charge in [-0.2, -0.15) is 0 Å². The van der Waals surface area contributed by atoms with Crippen molar-refractivity contribution in [1.29, 1.82) is 0 Å². The third-order valence-electron chi connectivity index (χ3n) is 3.17. The van der Waals surface area contributed by atoms with E-state index in [0.717, 1.165) is 15.6 Å². The Bertz CT molecular complexity index is 662. The van der Waals surface area contributed by atoms with E-state index >= 15 is 0 Å². The van der Waals surface area contributed by atoms with E-state index in [2.05, 4.69) is 27.9 Å². The molecule has 6 heteroatoms. The molecule has 0 bridgehead atoms. The number of carbonyl (C=O) groups excluding carboxylic acids is 1. The van der Waals surface area contributed by atoms with E-state index in [1.165, 1.54) is 24.3 Å². The van der Waals surface area contributed by atoms with Crippen LogP contribution in [0.4, 0.5) is 10.1 Å². The zero-order valence-electron chi connectivity index (χ0n) is 11.7. The van der Waals surface area contributed by atoms with Crippen molar-refractivity contribution >= 4 is 34.2 Å². The van der Waals surface area contributed by atoms with Crippen LogP contribution >= 0.6 is 22.6 Å². The van der Waals surface area contributed by atoms with E-state index in [1.54, 1.807) is 6.07 Å². The summed E-state index contributed by atoms with van der Waals surface area (Å²) in [6.45, 7) is 0.561. The van der Waals surface area contributed by atoms with Crippen LogP contribution in [0.5, 0.6) is 0 Å². The molecule has 0 aliphatic heterocycles. The number of hydrogen-bond donors (Lipinski definition) is 3. The Hall–Kier alpha value is -1.51. The van der Waals surface area contributed by atoms with Gasteiger partial charge in [-0.3, -0.25) is 4.79 Å². The Morgan fingerprint density at radius 1 is 1.27 bits per heavy atom. The molecule has 2 aromatic rings. The second-order valence-corrected chi connectivity index (χ2v) is 5.95. The summed E-state index contributed by atoms with van der Waals surface area (Å²) in [5.41, 5.74) is 7.58. The topological polar surface area (TPSA) is 75.3 Å². The average molecular weight is 414 g/mol. The highest BCUT2D eigenvalue weighted by molar-refractivity contribution is 14.1. The summed E-state index contributed by atoms with van der Waals surface area (Å²) in [6.07, 6.45) is -0.577. The lowest BCUT2D eigenvalue weighted by Crippen LogP contribution is -2.21. The van der Waals surface area contributed by atoms with E-state index in [-0.39, 0.29) is 0 Å². The Morgan fingerprint density at radius 3 is 2.55 bits per heavy atom. The van der Waals surface area contributed by atoms with E-state index < -0.39 is 17.8 Å². The van der Waals surface area contributed by atoms with Gasteiger partial charge >= 0.3 is 0 Å². The molecule has 0 aromatic heterocycles. The van der Waals surface area contributed by atoms with Crippen molar-refractivity contribution in [2.75, 3.05) is 11.9 Å². The third kappa shape index (κ3) is 4.25. The Morgan fingerprint density at radius 2 is 1.95 bits per heavy atom. The third-order valence-corrected chi connectivity index (χ3v) is 4.17. The lowest BCUT2D eigenvalue weighted by Gasteiger charge is -2.13. The van der Waals surface area contributed by atoms with Crippen LogP contribution in [0.25, 0.3) is 0 Å². The van der Waals surface area contributed by atoms with Crippen molar-refractivity contribution in [2.45, 2.75) is 12.5 Å². The molecule has 0 fully saturated rings. The Balaban J connectivity index is 2.08. The molecule has 22 heavy (non-hydrogen) atoms. The number of hydrogen-bond acceptors (Lipinski definition) is 3.